The van der Waals surface area contributed by atoms with Crippen molar-refractivity contribution in [1.29, 1.82) is 0 Å². The summed E-state index contributed by atoms with van der Waals surface area (Å²) in [5, 5.41) is 0. The molecule has 0 radical (unpaired) electrons. The van der Waals surface area contributed by atoms with E-state index in [0.717, 1.165) is 17.5 Å². The van der Waals surface area contributed by atoms with Gasteiger partial charge in [0.25, 0.3) is 5.91 Å². The molecule has 1 aliphatic rings. The molecule has 1 unspecified atom stereocenters. The maximum Gasteiger partial charge on any atom is 0.277 e. The first-order valence-electron chi connectivity index (χ1n) is 9.25. The first kappa shape index (κ1) is 20.4. The van der Waals surface area contributed by atoms with E-state index < -0.39 is 15.8 Å². The van der Waals surface area contributed by atoms with Crippen LogP contribution in [0, 0.1) is 5.82 Å². The predicted octanol–water partition coefficient (Wildman–Crippen LogP) is 0.374. The Morgan fingerprint density at radius 3 is 2.36 bits per heavy atom. The number of nitrogens with zero attached hydrogens (tertiary/aromatic N) is 2. The smallest absolute Gasteiger partial charge is 0.277 e. The topological polar surface area (TPSA) is 62.1 Å². The molecule has 1 saturated heterocycles. The number of likely N-dealkylation sites (N-methyl/N-ethyl adjacent to an activating group) is 1. The number of hydrogen-bond acceptors (Lipinski definition) is 3. The molecule has 1 heterocycles. The van der Waals surface area contributed by atoms with E-state index in [-0.39, 0.29) is 23.9 Å². The molecule has 1 fully saturated rings. The Hall–Kier alpha value is -2.29. The third-order valence-corrected chi connectivity index (χ3v) is 6.72. The van der Waals surface area contributed by atoms with Crippen molar-refractivity contribution in [3.05, 3.63) is 66.0 Å². The van der Waals surface area contributed by atoms with Crippen molar-refractivity contribution in [2.75, 3.05) is 39.8 Å². The van der Waals surface area contributed by atoms with Gasteiger partial charge in [-0.1, -0.05) is 36.4 Å². The number of amides is 1. The van der Waals surface area contributed by atoms with Gasteiger partial charge in [0.15, 0.2) is 6.54 Å². The van der Waals surface area contributed by atoms with Crippen molar-refractivity contribution >= 4 is 15.9 Å². The zero-order valence-electron chi connectivity index (χ0n) is 15.8. The number of piperazine rings is 1. The summed E-state index contributed by atoms with van der Waals surface area (Å²) in [6.45, 7) is 2.20. The number of carbonyl (C=O) groups is 1. The number of hydrogen-bond donors (Lipinski definition) is 1. The van der Waals surface area contributed by atoms with Crippen LogP contribution in [0.1, 0.15) is 5.56 Å². The van der Waals surface area contributed by atoms with Crippen molar-refractivity contribution in [2.24, 2.45) is 0 Å². The fourth-order valence-corrected chi connectivity index (χ4v) is 4.79. The summed E-state index contributed by atoms with van der Waals surface area (Å²) in [7, 11) is -1.78. The molecule has 28 heavy (non-hydrogen) atoms. The van der Waals surface area contributed by atoms with Crippen molar-refractivity contribution in [3.8, 4) is 0 Å². The van der Waals surface area contributed by atoms with Crippen LogP contribution >= 0.6 is 0 Å². The summed E-state index contributed by atoms with van der Waals surface area (Å²) in [5.74, 6) is -0.574. The molecule has 2 aromatic carbocycles. The summed E-state index contributed by atoms with van der Waals surface area (Å²) in [6.07, 6.45) is 0. The van der Waals surface area contributed by atoms with Gasteiger partial charge in [-0.15, -0.1) is 0 Å². The van der Waals surface area contributed by atoms with Crippen LogP contribution in [0.4, 0.5) is 4.39 Å². The van der Waals surface area contributed by atoms with E-state index in [1.54, 1.807) is 4.90 Å². The average molecular weight is 407 g/mol. The molecule has 8 heteroatoms. The number of rotatable bonds is 6. The number of carbonyl (C=O) groups excluding carboxylic acids is 1. The van der Waals surface area contributed by atoms with Crippen LogP contribution in [0.2, 0.25) is 0 Å². The van der Waals surface area contributed by atoms with Gasteiger partial charge in [-0.25, -0.2) is 12.8 Å². The molecular weight excluding hydrogens is 381 g/mol. The van der Waals surface area contributed by atoms with Crippen molar-refractivity contribution in [3.63, 3.8) is 0 Å². The van der Waals surface area contributed by atoms with Crippen LogP contribution in [0.3, 0.4) is 0 Å². The molecule has 2 aromatic rings. The zero-order valence-corrected chi connectivity index (χ0v) is 16.7. The van der Waals surface area contributed by atoms with Crippen LogP contribution < -0.4 is 4.90 Å². The summed E-state index contributed by atoms with van der Waals surface area (Å²) in [6, 6.07) is 15.0. The first-order chi connectivity index (χ1) is 13.4. The van der Waals surface area contributed by atoms with E-state index in [1.807, 2.05) is 37.4 Å². The highest BCUT2D eigenvalue weighted by Crippen LogP contribution is 2.18. The van der Waals surface area contributed by atoms with Crippen molar-refractivity contribution < 1.29 is 22.5 Å². The van der Waals surface area contributed by atoms with Gasteiger partial charge in [0.05, 0.1) is 11.9 Å². The minimum absolute atomic E-state index is 0.0104. The lowest BCUT2D eigenvalue weighted by molar-refractivity contribution is -0.885. The molecule has 0 aliphatic carbocycles. The standard InChI is InChI=1S/C20H24FN3O3S/c1-22(15-17-6-3-2-4-7-17)16-20(25)23-10-12-24(13-11-23)28(26,27)19-9-5-8-18(21)14-19/h2-9,14H,10-13,15-16H2,1H3/p+1. The Balaban J connectivity index is 1.54. The lowest BCUT2D eigenvalue weighted by Crippen LogP contribution is -3.09. The second-order valence-corrected chi connectivity index (χ2v) is 8.98. The lowest BCUT2D eigenvalue weighted by atomic mass is 10.2. The third-order valence-electron chi connectivity index (χ3n) is 4.83. The molecule has 1 amide bonds. The van der Waals surface area contributed by atoms with Crippen LogP contribution in [0.15, 0.2) is 59.5 Å². The van der Waals surface area contributed by atoms with Crippen LogP contribution in [-0.2, 0) is 21.4 Å². The summed E-state index contributed by atoms with van der Waals surface area (Å²) in [5.41, 5.74) is 1.17. The second kappa shape index (κ2) is 8.81. The van der Waals surface area contributed by atoms with E-state index in [0.29, 0.717) is 19.6 Å². The lowest BCUT2D eigenvalue weighted by Gasteiger charge is -2.34. The number of nitrogens with one attached hydrogen (secondary N) is 1. The first-order valence-corrected chi connectivity index (χ1v) is 10.7. The molecule has 1 N–H and O–H groups in total. The fraction of sp³-hybridized carbons (Fsp3) is 0.350. The Morgan fingerprint density at radius 1 is 1.04 bits per heavy atom. The monoisotopic (exact) mass is 406 g/mol. The minimum atomic E-state index is -3.75. The van der Waals surface area contributed by atoms with Gasteiger partial charge in [0.2, 0.25) is 10.0 Å². The van der Waals surface area contributed by atoms with Gasteiger partial charge in [-0.05, 0) is 18.2 Å². The molecule has 3 rings (SSSR count). The minimum Gasteiger partial charge on any atom is -0.335 e. The molecule has 0 spiro atoms. The zero-order chi connectivity index (χ0) is 20.1. The van der Waals surface area contributed by atoms with E-state index in [4.69, 9.17) is 0 Å². The van der Waals surface area contributed by atoms with Gasteiger partial charge in [-0.2, -0.15) is 4.31 Å². The van der Waals surface area contributed by atoms with Gasteiger partial charge >= 0.3 is 0 Å². The van der Waals surface area contributed by atoms with Gasteiger partial charge < -0.3 is 9.80 Å². The number of halogens is 1. The van der Waals surface area contributed by atoms with E-state index in [1.165, 1.54) is 28.1 Å². The van der Waals surface area contributed by atoms with Crippen molar-refractivity contribution in [2.45, 2.75) is 11.4 Å². The maximum absolute atomic E-state index is 13.4. The average Bonchev–Trinajstić information content (AvgIpc) is 2.68. The van der Waals surface area contributed by atoms with Crippen LogP contribution in [0.5, 0.6) is 0 Å². The molecule has 150 valence electrons. The molecule has 1 aliphatic heterocycles. The highest BCUT2D eigenvalue weighted by Gasteiger charge is 2.31. The third kappa shape index (κ3) is 4.95. The molecular formula is C20H25FN3O3S+. The summed E-state index contributed by atoms with van der Waals surface area (Å²) >= 11 is 0. The van der Waals surface area contributed by atoms with Gasteiger partial charge in [0.1, 0.15) is 12.4 Å². The Labute approximate surface area is 165 Å². The molecule has 0 saturated carbocycles. The Morgan fingerprint density at radius 2 is 1.71 bits per heavy atom. The van der Waals surface area contributed by atoms with Gasteiger partial charge in [-0.3, -0.25) is 4.79 Å². The summed E-state index contributed by atoms with van der Waals surface area (Å²) < 4.78 is 40.0. The summed E-state index contributed by atoms with van der Waals surface area (Å²) in [4.78, 5) is 15.3. The largest absolute Gasteiger partial charge is 0.335 e. The van der Waals surface area contributed by atoms with Crippen LogP contribution in [-0.4, -0.2) is 63.3 Å². The second-order valence-electron chi connectivity index (χ2n) is 7.04. The normalized spacial score (nSPS) is 16.7. The van der Waals surface area contributed by atoms with E-state index in [2.05, 4.69) is 0 Å². The van der Waals surface area contributed by atoms with Crippen molar-refractivity contribution in [1.82, 2.24) is 9.21 Å². The quantitative estimate of drug-likeness (QED) is 0.754. The number of quaternary nitrogens is 1. The van der Waals surface area contributed by atoms with Crippen LogP contribution in [0.25, 0.3) is 0 Å². The Kier molecular flexibility index (Phi) is 6.43. The molecule has 1 atom stereocenters. The molecule has 6 nitrogen and oxygen atoms in total. The highest BCUT2D eigenvalue weighted by molar-refractivity contribution is 7.89. The molecule has 0 bridgehead atoms. The van der Waals surface area contributed by atoms with E-state index >= 15 is 0 Å². The Bertz CT molecular complexity index is 913. The number of benzene rings is 2. The maximum atomic E-state index is 13.4. The molecule has 0 aromatic heterocycles. The van der Waals surface area contributed by atoms with Gasteiger partial charge in [0, 0.05) is 31.7 Å². The SMILES string of the molecule is C[NH+](CC(=O)N1CCN(S(=O)(=O)c2cccc(F)c2)CC1)Cc1ccccc1. The number of sulfonamides is 1. The van der Waals surface area contributed by atoms with E-state index in [9.17, 15) is 17.6 Å². The predicted molar refractivity (Wildman–Crippen MR) is 104 cm³/mol. The highest BCUT2D eigenvalue weighted by atomic mass is 32.2. The fourth-order valence-electron chi connectivity index (χ4n) is 3.33.